The highest BCUT2D eigenvalue weighted by Crippen LogP contribution is 2.35. The first kappa shape index (κ1) is 11.3. The Labute approximate surface area is 108 Å². The fraction of sp³-hybridized carbons (Fsp3) is 0.455. The summed E-state index contributed by atoms with van der Waals surface area (Å²) in [6, 6.07) is 0. The van der Waals surface area contributed by atoms with Crippen molar-refractivity contribution in [1.29, 1.82) is 0 Å². The first-order chi connectivity index (χ1) is 8.22. The van der Waals surface area contributed by atoms with Gasteiger partial charge in [0, 0.05) is 28.4 Å². The lowest BCUT2D eigenvalue weighted by molar-refractivity contribution is -0.746. The summed E-state index contributed by atoms with van der Waals surface area (Å²) in [5.74, 6) is 6.75. The van der Waals surface area contributed by atoms with Gasteiger partial charge in [0.15, 0.2) is 0 Å². The van der Waals surface area contributed by atoms with Crippen LogP contribution in [0.2, 0.25) is 0 Å². The number of amidine groups is 1. The van der Waals surface area contributed by atoms with Crippen LogP contribution in [0, 0.1) is 5.92 Å². The van der Waals surface area contributed by atoms with Crippen LogP contribution in [0.1, 0.15) is 12.8 Å². The van der Waals surface area contributed by atoms with Crippen molar-refractivity contribution >= 4 is 26.9 Å². The summed E-state index contributed by atoms with van der Waals surface area (Å²) < 4.78 is 0.852. The van der Waals surface area contributed by atoms with Crippen LogP contribution >= 0.6 is 15.9 Å². The van der Waals surface area contributed by atoms with E-state index in [0.29, 0.717) is 5.92 Å². The average molecular weight is 297 g/mol. The predicted molar refractivity (Wildman–Crippen MR) is 71.1 cm³/mol. The molecular weight excluding hydrogens is 282 g/mol. The molecular formula is C11H15BrN5+. The van der Waals surface area contributed by atoms with Gasteiger partial charge in [-0.3, -0.25) is 4.99 Å². The van der Waals surface area contributed by atoms with Crippen molar-refractivity contribution in [2.24, 2.45) is 21.7 Å². The summed E-state index contributed by atoms with van der Waals surface area (Å²) in [5, 5.41) is 3.41. The summed E-state index contributed by atoms with van der Waals surface area (Å²) in [6.45, 7) is 2.07. The number of quaternary nitrogens is 1. The molecule has 0 bridgehead atoms. The minimum atomic E-state index is 0.120. The molecule has 3 heterocycles. The van der Waals surface area contributed by atoms with Crippen molar-refractivity contribution in [3.8, 4) is 0 Å². The topological polar surface area (TPSA) is 62.8 Å². The van der Waals surface area contributed by atoms with Gasteiger partial charge in [-0.05, 0) is 19.4 Å². The van der Waals surface area contributed by atoms with Crippen LogP contribution in [0.3, 0.4) is 0 Å². The highest BCUT2D eigenvalue weighted by Gasteiger charge is 2.43. The number of halogens is 1. The normalized spacial score (nSPS) is 36.1. The predicted octanol–water partition coefficient (Wildman–Crippen LogP) is 1.21. The Bertz CT molecular complexity index is 458. The summed E-state index contributed by atoms with van der Waals surface area (Å²) in [4.78, 5) is 8.78. The standard InChI is InChI=1S/C11H15BrN5/c12-11-16-10(8-2-1-3-14-6-8)9-7-15-4-5-17(9,11)13/h4-5,7-8,14H,1-3,6,13H2/q+1/t8?,17-/m1/s1. The second-order valence-corrected chi connectivity index (χ2v) is 5.26. The highest BCUT2D eigenvalue weighted by atomic mass is 79.9. The molecule has 6 heteroatoms. The Morgan fingerprint density at radius 3 is 3.18 bits per heavy atom. The summed E-state index contributed by atoms with van der Waals surface area (Å²) in [6.07, 6.45) is 7.72. The largest absolute Gasteiger partial charge is 0.316 e. The Balaban J connectivity index is 2.00. The second kappa shape index (κ2) is 4.13. The van der Waals surface area contributed by atoms with Gasteiger partial charge >= 0.3 is 4.74 Å². The van der Waals surface area contributed by atoms with Crippen LogP contribution < -0.4 is 11.2 Å². The molecule has 3 N–H and O–H groups in total. The van der Waals surface area contributed by atoms with E-state index in [0.717, 1.165) is 35.6 Å². The van der Waals surface area contributed by atoms with E-state index >= 15 is 0 Å². The number of piperidine rings is 1. The molecule has 1 saturated heterocycles. The maximum Gasteiger partial charge on any atom is 0.301 e. The van der Waals surface area contributed by atoms with Gasteiger partial charge < -0.3 is 5.32 Å². The Morgan fingerprint density at radius 2 is 2.41 bits per heavy atom. The summed E-state index contributed by atoms with van der Waals surface area (Å²) in [5.41, 5.74) is 2.05. The fourth-order valence-electron chi connectivity index (χ4n) is 2.47. The zero-order valence-electron chi connectivity index (χ0n) is 9.43. The molecule has 0 radical (unpaired) electrons. The van der Waals surface area contributed by atoms with E-state index in [1.807, 2.05) is 12.4 Å². The van der Waals surface area contributed by atoms with Gasteiger partial charge in [-0.15, -0.1) is 4.59 Å². The lowest BCUT2D eigenvalue weighted by atomic mass is 9.95. The number of fused-ring (bicyclic) bond motifs is 1. The molecule has 3 aliphatic heterocycles. The molecule has 3 aliphatic rings. The molecule has 1 unspecified atom stereocenters. The molecule has 3 rings (SSSR count). The van der Waals surface area contributed by atoms with Crippen molar-refractivity contribution < 1.29 is 4.59 Å². The number of aliphatic imine (C=N–C) groups is 2. The first-order valence-electron chi connectivity index (χ1n) is 5.80. The molecule has 0 aromatic heterocycles. The van der Waals surface area contributed by atoms with Crippen molar-refractivity contribution in [2.75, 3.05) is 13.1 Å². The van der Waals surface area contributed by atoms with E-state index in [9.17, 15) is 0 Å². The molecule has 1 fully saturated rings. The third-order valence-electron chi connectivity index (χ3n) is 3.45. The number of hydrogen-bond donors (Lipinski definition) is 2. The van der Waals surface area contributed by atoms with E-state index in [-0.39, 0.29) is 4.59 Å². The lowest BCUT2D eigenvalue weighted by Gasteiger charge is -2.25. The lowest BCUT2D eigenvalue weighted by Crippen LogP contribution is -2.50. The average Bonchev–Trinajstić information content (AvgIpc) is 2.63. The number of nitrogens with zero attached hydrogens (tertiary/aromatic N) is 3. The van der Waals surface area contributed by atoms with Gasteiger partial charge in [-0.2, -0.15) is 10.8 Å². The van der Waals surface area contributed by atoms with Gasteiger partial charge in [0.1, 0.15) is 11.9 Å². The van der Waals surface area contributed by atoms with Crippen LogP contribution in [0.25, 0.3) is 0 Å². The van der Waals surface area contributed by atoms with E-state index in [2.05, 4.69) is 31.2 Å². The SMILES string of the molecule is N[N@+]12C=CN=CC1=C(C1CCCNC1)N=C2Br. The molecule has 90 valence electrons. The maximum atomic E-state index is 6.31. The van der Waals surface area contributed by atoms with Crippen LogP contribution in [0.4, 0.5) is 0 Å². The second-order valence-electron chi connectivity index (χ2n) is 4.55. The number of allylic oxidation sites excluding steroid dienone is 1. The molecule has 0 saturated carbocycles. The quantitative estimate of drug-likeness (QED) is 0.434. The monoisotopic (exact) mass is 296 g/mol. The smallest absolute Gasteiger partial charge is 0.301 e. The van der Waals surface area contributed by atoms with Crippen molar-refractivity contribution in [3.63, 3.8) is 0 Å². The van der Waals surface area contributed by atoms with Gasteiger partial charge in [-0.1, -0.05) is 0 Å². The summed E-state index contributed by atoms with van der Waals surface area (Å²) in [7, 11) is 0. The van der Waals surface area contributed by atoms with Crippen molar-refractivity contribution in [2.45, 2.75) is 12.8 Å². The molecule has 0 aliphatic carbocycles. The van der Waals surface area contributed by atoms with Crippen LogP contribution in [0.5, 0.6) is 0 Å². The number of rotatable bonds is 1. The minimum Gasteiger partial charge on any atom is -0.316 e. The highest BCUT2D eigenvalue weighted by molar-refractivity contribution is 9.18. The van der Waals surface area contributed by atoms with Crippen LogP contribution in [0.15, 0.2) is 33.8 Å². The fourth-order valence-corrected chi connectivity index (χ4v) is 2.98. The van der Waals surface area contributed by atoms with Crippen LogP contribution in [-0.2, 0) is 0 Å². The van der Waals surface area contributed by atoms with Gasteiger partial charge in [0.2, 0.25) is 5.70 Å². The molecule has 0 amide bonds. The molecule has 5 nitrogen and oxygen atoms in total. The first-order valence-corrected chi connectivity index (χ1v) is 6.59. The third kappa shape index (κ3) is 1.72. The Morgan fingerprint density at radius 1 is 1.53 bits per heavy atom. The number of nitrogens with two attached hydrogens (primary N) is 1. The number of nitrogens with one attached hydrogen (secondary N) is 1. The Hall–Kier alpha value is -0.820. The zero-order chi connectivity index (χ0) is 11.9. The van der Waals surface area contributed by atoms with Crippen molar-refractivity contribution in [1.82, 2.24) is 5.32 Å². The third-order valence-corrected chi connectivity index (χ3v) is 4.21. The molecule has 0 aromatic carbocycles. The maximum absolute atomic E-state index is 6.31. The van der Waals surface area contributed by atoms with Gasteiger partial charge in [0.25, 0.3) is 0 Å². The van der Waals surface area contributed by atoms with Crippen LogP contribution in [-0.4, -0.2) is 28.6 Å². The van der Waals surface area contributed by atoms with Gasteiger partial charge in [-0.25, -0.2) is 0 Å². The van der Waals surface area contributed by atoms with E-state index in [4.69, 9.17) is 5.84 Å². The zero-order valence-corrected chi connectivity index (χ0v) is 11.0. The summed E-state index contributed by atoms with van der Waals surface area (Å²) >= 11 is 3.47. The number of hydrogen-bond acceptors (Lipinski definition) is 4. The minimum absolute atomic E-state index is 0.120. The van der Waals surface area contributed by atoms with Gasteiger partial charge in [0.05, 0.1) is 12.4 Å². The van der Waals surface area contributed by atoms with Crippen molar-refractivity contribution in [3.05, 3.63) is 23.8 Å². The molecule has 17 heavy (non-hydrogen) atoms. The van der Waals surface area contributed by atoms with E-state index in [1.54, 1.807) is 6.20 Å². The molecule has 0 aromatic rings. The molecule has 0 spiro atoms. The Kier molecular flexibility index (Phi) is 2.74. The molecule has 2 atom stereocenters. The van der Waals surface area contributed by atoms with E-state index < -0.39 is 0 Å². The van der Waals surface area contributed by atoms with E-state index in [1.165, 1.54) is 6.42 Å².